The fourth-order valence-corrected chi connectivity index (χ4v) is 11.7. The molecule has 10 aromatic rings. The van der Waals surface area contributed by atoms with Crippen LogP contribution in [-0.2, 0) is 10.8 Å². The molecule has 8 aromatic carbocycles. The van der Waals surface area contributed by atoms with E-state index in [0.29, 0.717) is 23.2 Å². The first-order valence-corrected chi connectivity index (χ1v) is 21.3. The number of nitrogens with zero attached hydrogens (tertiary/aromatic N) is 4. The van der Waals surface area contributed by atoms with Crippen LogP contribution in [0.25, 0.3) is 78.8 Å². The highest BCUT2D eigenvalue weighted by atomic mass is 15.0. The maximum absolute atomic E-state index is 5.41. The van der Waals surface area contributed by atoms with Crippen LogP contribution in [-0.4, -0.2) is 19.9 Å². The van der Waals surface area contributed by atoms with Crippen LogP contribution in [0.3, 0.4) is 0 Å². The molecular formula is C58H34N4. The maximum Gasteiger partial charge on any atom is 0.182 e. The maximum atomic E-state index is 5.41. The molecule has 0 bridgehead atoms. The van der Waals surface area contributed by atoms with E-state index in [4.69, 9.17) is 19.9 Å². The number of rotatable bonds is 3. The molecule has 0 aliphatic heterocycles. The van der Waals surface area contributed by atoms with Crippen LogP contribution in [0.5, 0.6) is 0 Å². The van der Waals surface area contributed by atoms with Gasteiger partial charge in [-0.2, -0.15) is 0 Å². The van der Waals surface area contributed by atoms with E-state index in [0.717, 1.165) is 11.1 Å². The number of benzene rings is 8. The van der Waals surface area contributed by atoms with E-state index in [2.05, 4.69) is 182 Å². The second-order valence-corrected chi connectivity index (χ2v) is 16.8. The van der Waals surface area contributed by atoms with Crippen LogP contribution in [0.2, 0.25) is 0 Å². The SMILES string of the molecule is c1ccc(-c2nc(-c3ccc4c(c3)C3(c5ccccc5-c5ccccc53)c3ccccc3-4)nc(-c3ccc4c(c3)C3(c5ccccc5-c5ccccc53)c3ccccc3-4)n2)nc1. The number of pyridine rings is 1. The lowest BCUT2D eigenvalue weighted by Gasteiger charge is -2.30. The summed E-state index contributed by atoms with van der Waals surface area (Å²) in [5, 5.41) is 0. The number of aromatic nitrogens is 4. The molecule has 62 heavy (non-hydrogen) atoms. The lowest BCUT2D eigenvalue weighted by atomic mass is 9.70. The highest BCUT2D eigenvalue weighted by Crippen LogP contribution is 2.64. The monoisotopic (exact) mass is 786 g/mol. The van der Waals surface area contributed by atoms with Gasteiger partial charge in [-0.25, -0.2) is 15.0 Å². The Bertz CT molecular complexity index is 3210. The van der Waals surface area contributed by atoms with E-state index in [-0.39, 0.29) is 0 Å². The average molecular weight is 787 g/mol. The number of fused-ring (bicyclic) bond motifs is 20. The third-order valence-electron chi connectivity index (χ3n) is 14.0. The quantitative estimate of drug-likeness (QED) is 0.179. The van der Waals surface area contributed by atoms with Gasteiger partial charge in [0.15, 0.2) is 17.5 Å². The molecule has 0 N–H and O–H groups in total. The van der Waals surface area contributed by atoms with Gasteiger partial charge in [0.05, 0.1) is 10.8 Å². The van der Waals surface area contributed by atoms with Crippen molar-refractivity contribution in [2.45, 2.75) is 10.8 Å². The summed E-state index contributed by atoms with van der Waals surface area (Å²) in [5.74, 6) is 1.76. The van der Waals surface area contributed by atoms with Gasteiger partial charge in [-0.05, 0) is 113 Å². The Morgan fingerprint density at radius 1 is 0.258 bits per heavy atom. The molecule has 4 aliphatic rings. The molecule has 0 saturated carbocycles. The minimum atomic E-state index is -0.480. The van der Waals surface area contributed by atoms with Crippen molar-refractivity contribution < 1.29 is 0 Å². The third-order valence-corrected chi connectivity index (χ3v) is 14.0. The van der Waals surface area contributed by atoms with E-state index in [1.807, 2.05) is 18.2 Å². The predicted molar refractivity (Wildman–Crippen MR) is 247 cm³/mol. The zero-order valence-electron chi connectivity index (χ0n) is 33.4. The Morgan fingerprint density at radius 3 is 0.903 bits per heavy atom. The molecule has 2 heterocycles. The molecular weight excluding hydrogens is 753 g/mol. The zero-order chi connectivity index (χ0) is 40.6. The Morgan fingerprint density at radius 2 is 0.565 bits per heavy atom. The lowest BCUT2D eigenvalue weighted by molar-refractivity contribution is 0.793. The molecule has 0 atom stereocenters. The average Bonchev–Trinajstić information content (AvgIpc) is 4.03. The van der Waals surface area contributed by atoms with Gasteiger partial charge in [0.1, 0.15) is 5.69 Å². The highest BCUT2D eigenvalue weighted by molar-refractivity contribution is 5.97. The van der Waals surface area contributed by atoms with Gasteiger partial charge in [-0.1, -0.05) is 176 Å². The summed E-state index contributed by atoms with van der Waals surface area (Å²) >= 11 is 0. The van der Waals surface area contributed by atoms with Gasteiger partial charge >= 0.3 is 0 Å². The van der Waals surface area contributed by atoms with Gasteiger partial charge in [0, 0.05) is 17.3 Å². The van der Waals surface area contributed by atoms with Crippen molar-refractivity contribution in [3.05, 3.63) is 251 Å². The molecule has 2 spiro atoms. The normalized spacial score (nSPS) is 14.4. The van der Waals surface area contributed by atoms with Crippen LogP contribution in [0.4, 0.5) is 0 Å². The van der Waals surface area contributed by atoms with Crippen LogP contribution in [0.1, 0.15) is 44.5 Å². The molecule has 4 nitrogen and oxygen atoms in total. The zero-order valence-corrected chi connectivity index (χ0v) is 33.4. The topological polar surface area (TPSA) is 51.6 Å². The van der Waals surface area contributed by atoms with E-state index >= 15 is 0 Å². The minimum absolute atomic E-state index is 0.480. The standard InChI is InChI=1S/C58H34N4/c1-7-21-45-37(15-1)38-16-2-8-22-46(38)57(45)49-25-11-5-19-41(49)43-30-28-35(33-51(43)57)54-60-55(62-56(61-54)53-27-13-14-32-59-53)36-29-31-44-42-20-6-12-26-50(42)58(52(44)34-36)47-23-9-3-17-39(47)40-18-4-10-24-48(40)58/h1-34H. The molecule has 286 valence electrons. The van der Waals surface area contributed by atoms with E-state index in [9.17, 15) is 0 Å². The Kier molecular flexibility index (Phi) is 6.66. The van der Waals surface area contributed by atoms with Gasteiger partial charge in [0.25, 0.3) is 0 Å². The summed E-state index contributed by atoms with van der Waals surface area (Å²) in [6.07, 6.45) is 1.80. The Labute approximate surface area is 359 Å². The molecule has 0 fully saturated rings. The van der Waals surface area contributed by atoms with Crippen molar-refractivity contribution in [2.24, 2.45) is 0 Å². The number of hydrogen-bond acceptors (Lipinski definition) is 4. The fraction of sp³-hybridized carbons (Fsp3) is 0.0345. The first kappa shape index (κ1) is 33.7. The molecule has 14 rings (SSSR count). The smallest absolute Gasteiger partial charge is 0.182 e. The van der Waals surface area contributed by atoms with Gasteiger partial charge in [-0.3, -0.25) is 4.98 Å². The van der Waals surface area contributed by atoms with Gasteiger partial charge in [0.2, 0.25) is 0 Å². The first-order chi connectivity index (χ1) is 30.7. The third kappa shape index (κ3) is 4.16. The molecule has 4 aliphatic carbocycles. The van der Waals surface area contributed by atoms with Crippen LogP contribution < -0.4 is 0 Å². The molecule has 0 radical (unpaired) electrons. The number of hydrogen-bond donors (Lipinski definition) is 0. The minimum Gasteiger partial charge on any atom is -0.253 e. The Balaban J connectivity index is 1.00. The summed E-state index contributed by atoms with van der Waals surface area (Å²) in [6, 6.07) is 73.0. The molecule has 0 amide bonds. The van der Waals surface area contributed by atoms with Crippen LogP contribution >= 0.6 is 0 Å². The van der Waals surface area contributed by atoms with Gasteiger partial charge in [-0.15, -0.1) is 0 Å². The summed E-state index contributed by atoms with van der Waals surface area (Å²) in [5.41, 5.74) is 22.0. The van der Waals surface area contributed by atoms with Crippen molar-refractivity contribution >= 4 is 0 Å². The summed E-state index contributed by atoms with van der Waals surface area (Å²) in [6.45, 7) is 0. The largest absolute Gasteiger partial charge is 0.253 e. The van der Waals surface area contributed by atoms with E-state index in [1.165, 1.54) is 89.0 Å². The van der Waals surface area contributed by atoms with Gasteiger partial charge < -0.3 is 0 Å². The van der Waals surface area contributed by atoms with Crippen molar-refractivity contribution in [3.63, 3.8) is 0 Å². The highest BCUT2D eigenvalue weighted by Gasteiger charge is 2.53. The molecule has 0 saturated heterocycles. The van der Waals surface area contributed by atoms with Crippen LogP contribution in [0.15, 0.2) is 206 Å². The van der Waals surface area contributed by atoms with Crippen molar-refractivity contribution in [2.75, 3.05) is 0 Å². The predicted octanol–water partition coefficient (Wildman–Crippen LogP) is 13.0. The first-order valence-electron chi connectivity index (χ1n) is 21.3. The summed E-state index contributed by atoms with van der Waals surface area (Å²) < 4.78 is 0. The molecule has 2 aromatic heterocycles. The van der Waals surface area contributed by atoms with Crippen molar-refractivity contribution in [1.29, 1.82) is 0 Å². The fourth-order valence-electron chi connectivity index (χ4n) is 11.7. The summed E-state index contributed by atoms with van der Waals surface area (Å²) in [7, 11) is 0. The molecule has 0 unspecified atom stereocenters. The van der Waals surface area contributed by atoms with E-state index < -0.39 is 10.8 Å². The van der Waals surface area contributed by atoms with E-state index in [1.54, 1.807) is 6.20 Å². The second-order valence-electron chi connectivity index (χ2n) is 16.8. The lowest BCUT2D eigenvalue weighted by Crippen LogP contribution is -2.26. The second kappa shape index (κ2) is 12.2. The Hall–Kier alpha value is -8.08. The van der Waals surface area contributed by atoms with Crippen molar-refractivity contribution in [1.82, 2.24) is 19.9 Å². The molecule has 4 heteroatoms. The van der Waals surface area contributed by atoms with Crippen molar-refractivity contribution in [3.8, 4) is 78.8 Å². The summed E-state index contributed by atoms with van der Waals surface area (Å²) in [4.78, 5) is 20.6. The van der Waals surface area contributed by atoms with Crippen LogP contribution in [0, 0.1) is 0 Å².